The van der Waals surface area contributed by atoms with Gasteiger partial charge in [0, 0.05) is 5.56 Å². The average molecular weight is 323 g/mol. The minimum atomic E-state index is 0.440. The molecule has 0 atom stereocenters. The lowest BCUT2D eigenvalue weighted by atomic mass is 10.2. The molecule has 0 N–H and O–H groups in total. The third kappa shape index (κ3) is 4.10. The molecule has 4 nitrogen and oxygen atoms in total. The van der Waals surface area contributed by atoms with Crippen molar-refractivity contribution in [1.82, 2.24) is 0 Å². The van der Waals surface area contributed by atoms with E-state index in [-0.39, 0.29) is 0 Å². The standard InChI is InChI=1S/C21H13N3O/c22-14-16-6-10-19(11-7-16)24-21(18-4-2-1-3-5-18)25-20-12-8-17(15-23)9-13-20/h1-13H. The molecule has 3 aromatic carbocycles. The van der Waals surface area contributed by atoms with E-state index in [2.05, 4.69) is 17.1 Å². The van der Waals surface area contributed by atoms with Crippen LogP contribution < -0.4 is 4.74 Å². The zero-order valence-electron chi connectivity index (χ0n) is 13.3. The van der Waals surface area contributed by atoms with Gasteiger partial charge in [-0.25, -0.2) is 4.99 Å². The Bertz CT molecular complexity index is 961. The number of benzene rings is 3. The van der Waals surface area contributed by atoms with Crippen molar-refractivity contribution < 1.29 is 4.74 Å². The predicted molar refractivity (Wildman–Crippen MR) is 95.6 cm³/mol. The number of ether oxygens (including phenoxy) is 1. The van der Waals surface area contributed by atoms with Crippen LogP contribution in [0.3, 0.4) is 0 Å². The molecule has 0 bridgehead atoms. The van der Waals surface area contributed by atoms with Crippen LogP contribution in [0.15, 0.2) is 83.9 Å². The van der Waals surface area contributed by atoms with Crippen molar-refractivity contribution in [2.75, 3.05) is 0 Å². The lowest BCUT2D eigenvalue weighted by Crippen LogP contribution is -2.10. The summed E-state index contributed by atoms with van der Waals surface area (Å²) in [4.78, 5) is 4.56. The van der Waals surface area contributed by atoms with Crippen molar-refractivity contribution >= 4 is 11.6 Å². The van der Waals surface area contributed by atoms with Crippen molar-refractivity contribution in [3.63, 3.8) is 0 Å². The topological polar surface area (TPSA) is 69.2 Å². The Morgan fingerprint density at radius 2 is 1.28 bits per heavy atom. The zero-order chi connectivity index (χ0) is 17.5. The molecule has 0 amide bonds. The van der Waals surface area contributed by atoms with Gasteiger partial charge in [0.25, 0.3) is 0 Å². The fraction of sp³-hybridized carbons (Fsp3) is 0. The summed E-state index contributed by atoms with van der Waals surface area (Å²) < 4.78 is 5.94. The van der Waals surface area contributed by atoms with E-state index in [0.29, 0.717) is 28.5 Å². The molecule has 0 unspecified atom stereocenters. The molecule has 3 rings (SSSR count). The molecule has 0 heterocycles. The van der Waals surface area contributed by atoms with Crippen LogP contribution in [-0.4, -0.2) is 5.90 Å². The van der Waals surface area contributed by atoms with Gasteiger partial charge in [-0.05, 0) is 60.7 Å². The zero-order valence-corrected chi connectivity index (χ0v) is 13.3. The van der Waals surface area contributed by atoms with E-state index in [1.54, 1.807) is 48.5 Å². The Hall–Kier alpha value is -3.89. The van der Waals surface area contributed by atoms with E-state index >= 15 is 0 Å². The van der Waals surface area contributed by atoms with Crippen LogP contribution in [0.4, 0.5) is 5.69 Å². The van der Waals surface area contributed by atoms with E-state index in [4.69, 9.17) is 15.3 Å². The minimum absolute atomic E-state index is 0.440. The fourth-order valence-electron chi connectivity index (χ4n) is 2.16. The van der Waals surface area contributed by atoms with Crippen LogP contribution in [0, 0.1) is 22.7 Å². The summed E-state index contributed by atoms with van der Waals surface area (Å²) >= 11 is 0. The van der Waals surface area contributed by atoms with Crippen molar-refractivity contribution in [3.05, 3.63) is 95.6 Å². The van der Waals surface area contributed by atoms with Crippen LogP contribution in [0.1, 0.15) is 16.7 Å². The number of nitrogens with zero attached hydrogens (tertiary/aromatic N) is 3. The Balaban J connectivity index is 1.95. The number of hydrogen-bond acceptors (Lipinski definition) is 4. The smallest absolute Gasteiger partial charge is 0.227 e. The van der Waals surface area contributed by atoms with Gasteiger partial charge < -0.3 is 4.74 Å². The summed E-state index contributed by atoms with van der Waals surface area (Å²) in [7, 11) is 0. The second-order valence-corrected chi connectivity index (χ2v) is 5.18. The summed E-state index contributed by atoms with van der Waals surface area (Å²) in [5.41, 5.74) is 2.66. The van der Waals surface area contributed by atoms with Gasteiger partial charge in [0.05, 0.1) is 29.0 Å². The highest BCUT2D eigenvalue weighted by Gasteiger charge is 2.07. The first-order valence-corrected chi connectivity index (χ1v) is 7.61. The molecule has 118 valence electrons. The predicted octanol–water partition coefficient (Wildman–Crippen LogP) is 4.59. The van der Waals surface area contributed by atoms with E-state index < -0.39 is 0 Å². The van der Waals surface area contributed by atoms with Gasteiger partial charge in [-0.2, -0.15) is 10.5 Å². The number of nitriles is 2. The monoisotopic (exact) mass is 323 g/mol. The highest BCUT2D eigenvalue weighted by Crippen LogP contribution is 2.19. The first kappa shape index (κ1) is 16.0. The second-order valence-electron chi connectivity index (χ2n) is 5.18. The van der Waals surface area contributed by atoms with Crippen molar-refractivity contribution in [2.45, 2.75) is 0 Å². The lowest BCUT2D eigenvalue weighted by Gasteiger charge is -2.09. The van der Waals surface area contributed by atoms with Crippen molar-refractivity contribution in [3.8, 4) is 17.9 Å². The second kappa shape index (κ2) is 7.59. The van der Waals surface area contributed by atoms with Gasteiger partial charge in [0.1, 0.15) is 5.75 Å². The molecule has 0 spiro atoms. The molecule has 0 aromatic heterocycles. The van der Waals surface area contributed by atoms with Gasteiger partial charge >= 0.3 is 0 Å². The molecular formula is C21H13N3O. The SMILES string of the molecule is N#Cc1ccc(N=C(Oc2ccc(C#N)cc2)c2ccccc2)cc1. The minimum Gasteiger partial charge on any atom is -0.438 e. The molecular weight excluding hydrogens is 310 g/mol. The van der Waals surface area contributed by atoms with Gasteiger partial charge in [0.2, 0.25) is 5.90 Å². The van der Waals surface area contributed by atoms with Gasteiger partial charge in [-0.15, -0.1) is 0 Å². The highest BCUT2D eigenvalue weighted by atomic mass is 16.5. The Morgan fingerprint density at radius 1 is 0.720 bits per heavy atom. The summed E-state index contributed by atoms with van der Waals surface area (Å²) in [6.07, 6.45) is 0. The van der Waals surface area contributed by atoms with Crippen molar-refractivity contribution in [2.24, 2.45) is 4.99 Å². The van der Waals surface area contributed by atoms with E-state index in [1.165, 1.54) is 0 Å². The molecule has 0 aliphatic carbocycles. The first-order chi connectivity index (χ1) is 12.3. The molecule has 25 heavy (non-hydrogen) atoms. The van der Waals surface area contributed by atoms with Crippen molar-refractivity contribution in [1.29, 1.82) is 10.5 Å². The van der Waals surface area contributed by atoms with Crippen LogP contribution in [-0.2, 0) is 0 Å². The molecule has 3 aromatic rings. The summed E-state index contributed by atoms with van der Waals surface area (Å²) in [6.45, 7) is 0. The molecule has 0 radical (unpaired) electrons. The van der Waals surface area contributed by atoms with E-state index in [0.717, 1.165) is 5.56 Å². The van der Waals surface area contributed by atoms with E-state index in [9.17, 15) is 0 Å². The molecule has 0 fully saturated rings. The van der Waals surface area contributed by atoms with Crippen LogP contribution >= 0.6 is 0 Å². The van der Waals surface area contributed by atoms with E-state index in [1.807, 2.05) is 30.3 Å². The average Bonchev–Trinajstić information content (AvgIpc) is 2.69. The normalized spacial score (nSPS) is 10.6. The fourth-order valence-corrected chi connectivity index (χ4v) is 2.16. The molecule has 0 saturated carbocycles. The van der Waals surface area contributed by atoms with Gasteiger partial charge in [0.15, 0.2) is 0 Å². The van der Waals surface area contributed by atoms with Crippen LogP contribution in [0.25, 0.3) is 0 Å². The largest absolute Gasteiger partial charge is 0.438 e. The number of hydrogen-bond donors (Lipinski definition) is 0. The summed E-state index contributed by atoms with van der Waals surface area (Å²) in [6, 6.07) is 27.5. The Morgan fingerprint density at radius 3 is 1.84 bits per heavy atom. The maximum absolute atomic E-state index is 8.89. The van der Waals surface area contributed by atoms with Gasteiger partial charge in [-0.3, -0.25) is 0 Å². The van der Waals surface area contributed by atoms with Crippen LogP contribution in [0.2, 0.25) is 0 Å². The summed E-state index contributed by atoms with van der Waals surface area (Å²) in [5, 5.41) is 17.8. The first-order valence-electron chi connectivity index (χ1n) is 7.61. The molecule has 0 aliphatic heterocycles. The Kier molecular flexibility index (Phi) is 4.85. The third-order valence-corrected chi connectivity index (χ3v) is 3.45. The van der Waals surface area contributed by atoms with Gasteiger partial charge in [-0.1, -0.05) is 18.2 Å². The van der Waals surface area contributed by atoms with Crippen LogP contribution in [0.5, 0.6) is 5.75 Å². The molecule has 0 saturated heterocycles. The highest BCUT2D eigenvalue weighted by molar-refractivity contribution is 5.97. The number of aliphatic imine (C=N–C) groups is 1. The maximum atomic E-state index is 8.89. The molecule has 0 aliphatic rings. The maximum Gasteiger partial charge on any atom is 0.227 e. The third-order valence-electron chi connectivity index (χ3n) is 3.45. The lowest BCUT2D eigenvalue weighted by molar-refractivity contribution is 0.553. The Labute approximate surface area is 145 Å². The number of rotatable bonds is 3. The summed E-state index contributed by atoms with van der Waals surface area (Å²) in [5.74, 6) is 1.03. The molecule has 4 heteroatoms. The quantitative estimate of drug-likeness (QED) is 0.523.